The van der Waals surface area contributed by atoms with Crippen LogP contribution < -0.4 is 5.32 Å². The molecule has 3 rings (SSSR count). The lowest BCUT2D eigenvalue weighted by Crippen LogP contribution is -2.40. The molecule has 3 nitrogen and oxygen atoms in total. The van der Waals surface area contributed by atoms with Crippen LogP contribution in [0.25, 0.3) is 0 Å². The van der Waals surface area contributed by atoms with Gasteiger partial charge in [0.2, 0.25) is 0 Å². The molecule has 0 aromatic carbocycles. The summed E-state index contributed by atoms with van der Waals surface area (Å²) < 4.78 is 6.14. The molecule has 0 bridgehead atoms. The van der Waals surface area contributed by atoms with Crippen molar-refractivity contribution in [2.24, 2.45) is 5.92 Å². The highest BCUT2D eigenvalue weighted by Crippen LogP contribution is 2.26. The number of ether oxygens (including phenoxy) is 1. The number of hydrogen-bond acceptors (Lipinski definition) is 3. The predicted molar refractivity (Wildman–Crippen MR) is 78.4 cm³/mol. The fourth-order valence-electron chi connectivity index (χ4n) is 3.58. The molecule has 3 aliphatic rings. The van der Waals surface area contributed by atoms with Crippen LogP contribution in [0.5, 0.6) is 0 Å². The van der Waals surface area contributed by atoms with Crippen LogP contribution in [0.1, 0.15) is 51.4 Å². The average Bonchev–Trinajstić information content (AvgIpc) is 2.43. The van der Waals surface area contributed by atoms with Crippen molar-refractivity contribution in [2.75, 3.05) is 32.7 Å². The van der Waals surface area contributed by atoms with Gasteiger partial charge in [0.1, 0.15) is 0 Å². The van der Waals surface area contributed by atoms with Gasteiger partial charge in [-0.1, -0.05) is 0 Å². The number of piperidine rings is 2. The molecule has 3 fully saturated rings. The maximum Gasteiger partial charge on any atom is 0.0603 e. The van der Waals surface area contributed by atoms with E-state index in [-0.39, 0.29) is 0 Å². The third kappa shape index (κ3) is 4.17. The van der Waals surface area contributed by atoms with Gasteiger partial charge in [0.25, 0.3) is 0 Å². The molecule has 2 aliphatic heterocycles. The Morgan fingerprint density at radius 2 is 1.58 bits per heavy atom. The van der Waals surface area contributed by atoms with Crippen LogP contribution in [0.15, 0.2) is 0 Å². The van der Waals surface area contributed by atoms with E-state index in [1.165, 1.54) is 84.1 Å². The van der Waals surface area contributed by atoms with Gasteiger partial charge in [0.15, 0.2) is 0 Å². The van der Waals surface area contributed by atoms with Crippen molar-refractivity contribution >= 4 is 0 Å². The summed E-state index contributed by atoms with van der Waals surface area (Å²) in [6, 6.07) is 0. The molecule has 1 saturated carbocycles. The minimum Gasteiger partial charge on any atom is -0.375 e. The second-order valence-electron chi connectivity index (χ2n) is 6.71. The zero-order chi connectivity index (χ0) is 12.9. The highest BCUT2D eigenvalue weighted by Gasteiger charge is 2.26. The molecular weight excluding hydrogens is 236 g/mol. The summed E-state index contributed by atoms with van der Waals surface area (Å²) in [5.41, 5.74) is 0. The van der Waals surface area contributed by atoms with Gasteiger partial charge in [-0.3, -0.25) is 0 Å². The van der Waals surface area contributed by atoms with Crippen LogP contribution in [0.3, 0.4) is 0 Å². The van der Waals surface area contributed by atoms with Gasteiger partial charge in [-0.05, 0) is 76.9 Å². The molecule has 0 amide bonds. The molecule has 0 spiro atoms. The third-order valence-electron chi connectivity index (χ3n) is 5.28. The summed E-state index contributed by atoms with van der Waals surface area (Å²) >= 11 is 0. The molecule has 0 aromatic heterocycles. The molecule has 3 heteroatoms. The number of likely N-dealkylation sites (tertiary alicyclic amines) is 1. The van der Waals surface area contributed by atoms with Gasteiger partial charge in [-0.15, -0.1) is 0 Å². The van der Waals surface area contributed by atoms with E-state index >= 15 is 0 Å². The Bertz CT molecular complexity index is 253. The molecule has 0 unspecified atom stereocenters. The van der Waals surface area contributed by atoms with E-state index < -0.39 is 0 Å². The highest BCUT2D eigenvalue weighted by atomic mass is 16.5. The molecule has 2 saturated heterocycles. The van der Waals surface area contributed by atoms with Crippen molar-refractivity contribution in [3.63, 3.8) is 0 Å². The van der Waals surface area contributed by atoms with E-state index in [0.717, 1.165) is 5.92 Å². The first kappa shape index (κ1) is 13.8. The largest absolute Gasteiger partial charge is 0.375 e. The van der Waals surface area contributed by atoms with Crippen molar-refractivity contribution in [3.8, 4) is 0 Å². The van der Waals surface area contributed by atoms with Crippen LogP contribution in [0, 0.1) is 5.92 Å². The minimum atomic E-state index is 0.570. The second kappa shape index (κ2) is 7.05. The first-order chi connectivity index (χ1) is 9.40. The van der Waals surface area contributed by atoms with Gasteiger partial charge < -0.3 is 15.0 Å². The summed E-state index contributed by atoms with van der Waals surface area (Å²) in [7, 11) is 0. The van der Waals surface area contributed by atoms with Gasteiger partial charge >= 0.3 is 0 Å². The molecule has 1 N–H and O–H groups in total. The van der Waals surface area contributed by atoms with Crippen molar-refractivity contribution in [3.05, 3.63) is 0 Å². The maximum atomic E-state index is 6.14. The van der Waals surface area contributed by atoms with Gasteiger partial charge in [0.05, 0.1) is 12.2 Å². The summed E-state index contributed by atoms with van der Waals surface area (Å²) in [5.74, 6) is 0.977. The SMILES string of the molecule is C1CC(OC2CCN(CCC3CCNCC3)CC2)C1. The molecule has 0 atom stereocenters. The second-order valence-corrected chi connectivity index (χ2v) is 6.71. The fraction of sp³-hybridized carbons (Fsp3) is 1.00. The topological polar surface area (TPSA) is 24.5 Å². The molecule has 1 aliphatic carbocycles. The van der Waals surface area contributed by atoms with Gasteiger partial charge in [-0.25, -0.2) is 0 Å². The molecule has 0 radical (unpaired) electrons. The Balaban J connectivity index is 1.29. The van der Waals surface area contributed by atoms with E-state index in [0.29, 0.717) is 12.2 Å². The summed E-state index contributed by atoms with van der Waals surface area (Å²) in [6.45, 7) is 6.33. The Labute approximate surface area is 118 Å². The molecule has 110 valence electrons. The van der Waals surface area contributed by atoms with E-state index in [1.807, 2.05) is 0 Å². The van der Waals surface area contributed by atoms with Crippen molar-refractivity contribution in [2.45, 2.75) is 63.6 Å². The fourth-order valence-corrected chi connectivity index (χ4v) is 3.58. The first-order valence-corrected chi connectivity index (χ1v) is 8.48. The molecule has 0 aromatic rings. The summed E-state index contributed by atoms with van der Waals surface area (Å²) in [6.07, 6.45) is 11.9. The van der Waals surface area contributed by atoms with Crippen LogP contribution in [-0.2, 0) is 4.74 Å². The third-order valence-corrected chi connectivity index (χ3v) is 5.28. The lowest BCUT2D eigenvalue weighted by Gasteiger charge is -2.37. The van der Waals surface area contributed by atoms with Crippen LogP contribution in [-0.4, -0.2) is 49.8 Å². The van der Waals surface area contributed by atoms with Crippen molar-refractivity contribution in [1.29, 1.82) is 0 Å². The van der Waals surface area contributed by atoms with Crippen LogP contribution >= 0.6 is 0 Å². The van der Waals surface area contributed by atoms with Crippen molar-refractivity contribution in [1.82, 2.24) is 10.2 Å². The smallest absolute Gasteiger partial charge is 0.0603 e. The number of nitrogens with zero attached hydrogens (tertiary/aromatic N) is 1. The molecular formula is C16H30N2O. The standard InChI is InChI=1S/C16H30N2O/c1-2-15(3-1)19-16-7-12-18(13-8-16)11-6-14-4-9-17-10-5-14/h14-17H,1-13H2. The lowest BCUT2D eigenvalue weighted by atomic mass is 9.94. The van der Waals surface area contributed by atoms with Crippen molar-refractivity contribution < 1.29 is 4.74 Å². The number of rotatable bonds is 5. The van der Waals surface area contributed by atoms with Crippen LogP contribution in [0.4, 0.5) is 0 Å². The lowest BCUT2D eigenvalue weighted by molar-refractivity contribution is -0.0737. The first-order valence-electron chi connectivity index (χ1n) is 8.48. The zero-order valence-corrected chi connectivity index (χ0v) is 12.3. The highest BCUT2D eigenvalue weighted by molar-refractivity contribution is 4.78. The van der Waals surface area contributed by atoms with Gasteiger partial charge in [-0.2, -0.15) is 0 Å². The average molecular weight is 266 g/mol. The Morgan fingerprint density at radius 3 is 2.21 bits per heavy atom. The maximum absolute atomic E-state index is 6.14. The van der Waals surface area contributed by atoms with Crippen LogP contribution in [0.2, 0.25) is 0 Å². The Kier molecular flexibility index (Phi) is 5.14. The summed E-state index contributed by atoms with van der Waals surface area (Å²) in [4.78, 5) is 2.67. The summed E-state index contributed by atoms with van der Waals surface area (Å²) in [5, 5.41) is 3.46. The number of hydrogen-bond donors (Lipinski definition) is 1. The van der Waals surface area contributed by atoms with E-state index in [2.05, 4.69) is 10.2 Å². The number of nitrogens with one attached hydrogen (secondary N) is 1. The van der Waals surface area contributed by atoms with E-state index in [4.69, 9.17) is 4.74 Å². The normalized spacial score (nSPS) is 28.4. The monoisotopic (exact) mass is 266 g/mol. The van der Waals surface area contributed by atoms with E-state index in [1.54, 1.807) is 0 Å². The van der Waals surface area contributed by atoms with E-state index in [9.17, 15) is 0 Å². The molecule has 19 heavy (non-hydrogen) atoms. The minimum absolute atomic E-state index is 0.570. The Morgan fingerprint density at radius 1 is 0.895 bits per heavy atom. The predicted octanol–water partition coefficient (Wildman–Crippen LogP) is 2.41. The van der Waals surface area contributed by atoms with Gasteiger partial charge in [0, 0.05) is 13.1 Å². The Hall–Kier alpha value is -0.120. The quantitative estimate of drug-likeness (QED) is 0.827. The molecule has 2 heterocycles. The zero-order valence-electron chi connectivity index (χ0n) is 12.3.